The van der Waals surface area contributed by atoms with Gasteiger partial charge in [-0.1, -0.05) is 12.1 Å². The fourth-order valence-corrected chi connectivity index (χ4v) is 3.21. The average Bonchev–Trinajstić information content (AvgIpc) is 2.79. The third-order valence-electron chi connectivity index (χ3n) is 4.83. The molecule has 0 saturated carbocycles. The van der Waals surface area contributed by atoms with E-state index in [1.807, 2.05) is 12.1 Å². The van der Waals surface area contributed by atoms with Crippen molar-refractivity contribution in [3.63, 3.8) is 0 Å². The van der Waals surface area contributed by atoms with E-state index in [0.29, 0.717) is 32.2 Å². The van der Waals surface area contributed by atoms with Crippen molar-refractivity contribution >= 4 is 17.5 Å². The van der Waals surface area contributed by atoms with Gasteiger partial charge in [0, 0.05) is 51.5 Å². The maximum atomic E-state index is 11.0. The molecule has 0 aliphatic carbocycles. The van der Waals surface area contributed by atoms with E-state index in [0.717, 1.165) is 32.0 Å². The predicted molar refractivity (Wildman–Crippen MR) is 116 cm³/mol. The maximum absolute atomic E-state index is 11.0. The van der Waals surface area contributed by atoms with Crippen molar-refractivity contribution in [1.29, 1.82) is 0 Å². The van der Waals surface area contributed by atoms with Gasteiger partial charge in [-0.15, -0.1) is 10.2 Å². The molecule has 2 amide bonds. The molecule has 1 saturated heterocycles. The summed E-state index contributed by atoms with van der Waals surface area (Å²) in [7, 11) is 1.57. The minimum atomic E-state index is -0.221. The molecule has 2 aromatic rings. The molecule has 162 valence electrons. The molecule has 9 heteroatoms. The molecule has 1 aliphatic heterocycles. The highest BCUT2D eigenvalue weighted by Gasteiger charge is 2.18. The number of aryl methyl sites for hydroxylation is 1. The van der Waals surface area contributed by atoms with Gasteiger partial charge in [0.1, 0.15) is 6.61 Å². The first-order chi connectivity index (χ1) is 14.7. The number of rotatable bonds is 9. The fraction of sp³-hybridized carbons (Fsp3) is 0.476. The van der Waals surface area contributed by atoms with Gasteiger partial charge in [-0.25, -0.2) is 4.79 Å². The number of hydrogen-bond acceptors (Lipinski definition) is 7. The van der Waals surface area contributed by atoms with Crippen molar-refractivity contribution in [2.24, 2.45) is 0 Å². The van der Waals surface area contributed by atoms with Crippen molar-refractivity contribution in [3.8, 4) is 5.88 Å². The third kappa shape index (κ3) is 6.48. The van der Waals surface area contributed by atoms with Gasteiger partial charge in [0.25, 0.3) is 0 Å². The van der Waals surface area contributed by atoms with Gasteiger partial charge >= 0.3 is 6.03 Å². The van der Waals surface area contributed by atoms with Crippen LogP contribution in [-0.2, 0) is 4.74 Å². The van der Waals surface area contributed by atoms with Crippen molar-refractivity contribution < 1.29 is 14.3 Å². The standard InChI is InChI=1S/C21H30N6O3/c1-17-4-3-5-18(16-17)26-9-11-27(12-10-26)19-6-7-20(25-24-19)30-15-14-29-13-8-23-21(28)22-2/h3-7,16H,8-15H2,1-2H3,(H2,22,23,28). The highest BCUT2D eigenvalue weighted by atomic mass is 16.5. The summed E-state index contributed by atoms with van der Waals surface area (Å²) in [4.78, 5) is 15.6. The quantitative estimate of drug-likeness (QED) is 0.600. The van der Waals surface area contributed by atoms with Crippen LogP contribution in [0, 0.1) is 6.92 Å². The molecule has 1 aliphatic rings. The number of anilines is 2. The molecule has 1 fully saturated rings. The van der Waals surface area contributed by atoms with Crippen molar-refractivity contribution in [2.75, 3.05) is 69.4 Å². The minimum Gasteiger partial charge on any atom is -0.474 e. The van der Waals surface area contributed by atoms with Crippen LogP contribution in [0.2, 0.25) is 0 Å². The van der Waals surface area contributed by atoms with E-state index in [1.165, 1.54) is 11.3 Å². The van der Waals surface area contributed by atoms with Crippen LogP contribution in [0.15, 0.2) is 36.4 Å². The third-order valence-corrected chi connectivity index (χ3v) is 4.83. The first kappa shape index (κ1) is 21.6. The van der Waals surface area contributed by atoms with Gasteiger partial charge in [-0.3, -0.25) is 0 Å². The van der Waals surface area contributed by atoms with E-state index in [2.05, 4.69) is 61.8 Å². The number of carbonyl (C=O) groups is 1. The Hall–Kier alpha value is -3.07. The Morgan fingerprint density at radius 3 is 2.53 bits per heavy atom. The van der Waals surface area contributed by atoms with Gasteiger partial charge in [-0.05, 0) is 30.7 Å². The molecule has 2 N–H and O–H groups in total. The molecule has 0 unspecified atom stereocenters. The number of urea groups is 1. The molecule has 0 atom stereocenters. The normalized spacial score (nSPS) is 13.8. The number of aromatic nitrogens is 2. The number of carbonyl (C=O) groups excluding carboxylic acids is 1. The SMILES string of the molecule is CNC(=O)NCCOCCOc1ccc(N2CCN(c3cccc(C)c3)CC2)nn1. The Labute approximate surface area is 177 Å². The predicted octanol–water partition coefficient (Wildman–Crippen LogP) is 1.44. The average molecular weight is 415 g/mol. The lowest BCUT2D eigenvalue weighted by molar-refractivity contribution is 0.101. The van der Waals surface area contributed by atoms with Crippen LogP contribution in [0.4, 0.5) is 16.3 Å². The van der Waals surface area contributed by atoms with Crippen LogP contribution in [0.25, 0.3) is 0 Å². The highest BCUT2D eigenvalue weighted by molar-refractivity contribution is 5.73. The topological polar surface area (TPSA) is 91.9 Å². The largest absolute Gasteiger partial charge is 0.474 e. The van der Waals surface area contributed by atoms with Crippen LogP contribution in [-0.4, -0.2) is 75.8 Å². The molecule has 1 aromatic heterocycles. The first-order valence-corrected chi connectivity index (χ1v) is 10.2. The summed E-state index contributed by atoms with van der Waals surface area (Å²) in [5.41, 5.74) is 2.55. The summed E-state index contributed by atoms with van der Waals surface area (Å²) in [5.74, 6) is 1.34. The van der Waals surface area contributed by atoms with Crippen LogP contribution in [0.5, 0.6) is 5.88 Å². The number of ether oxygens (including phenoxy) is 2. The zero-order valence-corrected chi connectivity index (χ0v) is 17.6. The van der Waals surface area contributed by atoms with E-state index in [1.54, 1.807) is 7.05 Å². The highest BCUT2D eigenvalue weighted by Crippen LogP contribution is 2.20. The Bertz CT molecular complexity index is 794. The lowest BCUT2D eigenvalue weighted by Crippen LogP contribution is -2.46. The Kier molecular flexibility index (Phi) is 8.08. The van der Waals surface area contributed by atoms with Gasteiger partial charge in [-0.2, -0.15) is 0 Å². The lowest BCUT2D eigenvalue weighted by Gasteiger charge is -2.36. The summed E-state index contributed by atoms with van der Waals surface area (Å²) in [6.07, 6.45) is 0. The molecule has 30 heavy (non-hydrogen) atoms. The summed E-state index contributed by atoms with van der Waals surface area (Å²) >= 11 is 0. The second-order valence-electron chi connectivity index (χ2n) is 7.01. The smallest absolute Gasteiger partial charge is 0.314 e. The molecule has 0 radical (unpaired) electrons. The molecule has 9 nitrogen and oxygen atoms in total. The van der Waals surface area contributed by atoms with Crippen molar-refractivity contribution in [1.82, 2.24) is 20.8 Å². The summed E-state index contributed by atoms with van der Waals surface area (Å²) in [6.45, 7) is 7.51. The second-order valence-corrected chi connectivity index (χ2v) is 7.01. The zero-order chi connectivity index (χ0) is 21.2. The van der Waals surface area contributed by atoms with Crippen LogP contribution >= 0.6 is 0 Å². The molecule has 3 rings (SSSR count). The Balaban J connectivity index is 1.35. The number of benzene rings is 1. The van der Waals surface area contributed by atoms with Gasteiger partial charge < -0.3 is 29.9 Å². The molecule has 2 heterocycles. The monoisotopic (exact) mass is 414 g/mol. The number of piperazine rings is 1. The Morgan fingerprint density at radius 2 is 1.83 bits per heavy atom. The summed E-state index contributed by atoms with van der Waals surface area (Å²) in [5, 5.41) is 13.6. The second kappa shape index (κ2) is 11.2. The first-order valence-electron chi connectivity index (χ1n) is 10.2. The van der Waals surface area contributed by atoms with Gasteiger partial charge in [0.05, 0.1) is 13.2 Å². The Morgan fingerprint density at radius 1 is 1.03 bits per heavy atom. The van der Waals surface area contributed by atoms with Crippen molar-refractivity contribution in [3.05, 3.63) is 42.0 Å². The number of nitrogens with one attached hydrogen (secondary N) is 2. The van der Waals surface area contributed by atoms with E-state index >= 15 is 0 Å². The van der Waals surface area contributed by atoms with Gasteiger partial charge in [0.15, 0.2) is 5.82 Å². The summed E-state index contributed by atoms with van der Waals surface area (Å²) in [6, 6.07) is 12.2. The molecular formula is C21H30N6O3. The van der Waals surface area contributed by atoms with E-state index < -0.39 is 0 Å². The number of nitrogens with zero attached hydrogens (tertiary/aromatic N) is 4. The molecule has 0 bridgehead atoms. The van der Waals surface area contributed by atoms with Gasteiger partial charge in [0.2, 0.25) is 5.88 Å². The number of amides is 2. The number of hydrogen-bond donors (Lipinski definition) is 2. The van der Waals surface area contributed by atoms with Crippen LogP contribution in [0.1, 0.15) is 5.56 Å². The fourth-order valence-electron chi connectivity index (χ4n) is 3.21. The van der Waals surface area contributed by atoms with E-state index in [9.17, 15) is 4.79 Å². The molecule has 0 spiro atoms. The molecule has 1 aromatic carbocycles. The summed E-state index contributed by atoms with van der Waals surface area (Å²) < 4.78 is 11.0. The maximum Gasteiger partial charge on any atom is 0.314 e. The van der Waals surface area contributed by atoms with E-state index in [-0.39, 0.29) is 6.03 Å². The van der Waals surface area contributed by atoms with E-state index in [4.69, 9.17) is 9.47 Å². The van der Waals surface area contributed by atoms with Crippen LogP contribution in [0.3, 0.4) is 0 Å². The minimum absolute atomic E-state index is 0.221. The van der Waals surface area contributed by atoms with Crippen LogP contribution < -0.4 is 25.2 Å². The zero-order valence-electron chi connectivity index (χ0n) is 17.6. The molecular weight excluding hydrogens is 384 g/mol. The lowest BCUT2D eigenvalue weighted by atomic mass is 10.2. The van der Waals surface area contributed by atoms with Crippen molar-refractivity contribution in [2.45, 2.75) is 6.92 Å².